The second kappa shape index (κ2) is 13.4. The smallest absolute Gasteiger partial charge is 0.397 e. The molecule has 8 nitrogen and oxygen atoms in total. The molecular weight excluding hydrogens is 589 g/mol. The number of esters is 1. The highest BCUT2D eigenvalue weighted by molar-refractivity contribution is 7.98. The average Bonchev–Trinajstić information content (AvgIpc) is 3.74. The van der Waals surface area contributed by atoms with E-state index in [0.29, 0.717) is 28.5 Å². The first-order valence-corrected chi connectivity index (χ1v) is 14.0. The van der Waals surface area contributed by atoms with Gasteiger partial charge in [-0.05, 0) is 67.0 Å². The van der Waals surface area contributed by atoms with Crippen molar-refractivity contribution in [3.05, 3.63) is 81.2 Å². The zero-order chi connectivity index (χ0) is 28.8. The molecule has 1 aliphatic rings. The number of benzene rings is 2. The third-order valence-electron chi connectivity index (χ3n) is 5.96. The quantitative estimate of drug-likeness (QED) is 0.0903. The first-order valence-electron chi connectivity index (χ1n) is 12.1. The second-order valence-corrected chi connectivity index (χ2v) is 10.6. The number of anilines is 1. The van der Waals surface area contributed by atoms with E-state index >= 15 is 0 Å². The van der Waals surface area contributed by atoms with Gasteiger partial charge in [-0.15, -0.1) is 11.8 Å². The van der Waals surface area contributed by atoms with E-state index in [1.165, 1.54) is 30.0 Å². The molecule has 2 aromatic carbocycles. The van der Waals surface area contributed by atoms with Gasteiger partial charge in [-0.2, -0.15) is 13.5 Å². The first-order chi connectivity index (χ1) is 19.1. The summed E-state index contributed by atoms with van der Waals surface area (Å²) in [7, 11) is 0. The number of hydrogen-bond donors (Lipinski definition) is 1. The summed E-state index contributed by atoms with van der Waals surface area (Å²) >= 11 is 14.0. The summed E-state index contributed by atoms with van der Waals surface area (Å²) in [4.78, 5) is 26.5. The van der Waals surface area contributed by atoms with Crippen LogP contribution in [0.4, 0.5) is 14.5 Å². The Kier molecular flexibility index (Phi) is 9.94. The number of nitrogens with zero attached hydrogens (tertiary/aromatic N) is 1. The fourth-order valence-corrected chi connectivity index (χ4v) is 4.71. The van der Waals surface area contributed by atoms with Gasteiger partial charge in [0.25, 0.3) is 0 Å². The lowest BCUT2D eigenvalue weighted by molar-refractivity contribution is -0.605. The number of alkyl halides is 2. The maximum Gasteiger partial charge on any atom is 0.397 e. The SMILES string of the molecule is CSc1ccc(NC(=O)C(=O)O[C@@H](Cc2c(Cl)c[n+]([O-])cc2Cl)c2ccc(OC(F)F)c(OCC3CC3)c2)cc1. The molecule has 1 saturated carbocycles. The van der Waals surface area contributed by atoms with Gasteiger partial charge in [-0.25, -0.2) is 4.79 Å². The number of thioether (sulfide) groups is 1. The molecule has 212 valence electrons. The van der Waals surface area contributed by atoms with E-state index in [2.05, 4.69) is 10.1 Å². The van der Waals surface area contributed by atoms with Crippen molar-refractivity contribution in [3.8, 4) is 11.5 Å². The molecule has 0 spiro atoms. The van der Waals surface area contributed by atoms with Crippen molar-refractivity contribution in [2.45, 2.75) is 36.9 Å². The summed E-state index contributed by atoms with van der Waals surface area (Å²) in [6.45, 7) is -2.79. The highest BCUT2D eigenvalue weighted by Crippen LogP contribution is 2.37. The van der Waals surface area contributed by atoms with Crippen LogP contribution in [-0.4, -0.2) is 31.4 Å². The normalized spacial score (nSPS) is 13.6. The average molecular weight is 613 g/mol. The number of carbonyl (C=O) groups excluding carboxylic acids is 2. The van der Waals surface area contributed by atoms with E-state index in [9.17, 15) is 23.6 Å². The molecule has 1 amide bonds. The molecule has 1 aliphatic carbocycles. The van der Waals surface area contributed by atoms with Gasteiger partial charge in [-0.1, -0.05) is 29.3 Å². The third kappa shape index (κ3) is 8.12. The van der Waals surface area contributed by atoms with Crippen molar-refractivity contribution in [3.63, 3.8) is 0 Å². The van der Waals surface area contributed by atoms with Crippen LogP contribution >= 0.6 is 35.0 Å². The summed E-state index contributed by atoms with van der Waals surface area (Å²) in [5.74, 6) is -2.11. The number of rotatable bonds is 11. The van der Waals surface area contributed by atoms with E-state index in [0.717, 1.165) is 30.1 Å². The summed E-state index contributed by atoms with van der Waals surface area (Å²) in [5.41, 5.74) is 0.952. The molecule has 1 heterocycles. The number of amides is 1. The Labute approximate surface area is 243 Å². The maximum atomic E-state index is 13.0. The first kappa shape index (κ1) is 29.7. The zero-order valence-corrected chi connectivity index (χ0v) is 23.4. The van der Waals surface area contributed by atoms with E-state index in [4.69, 9.17) is 32.7 Å². The monoisotopic (exact) mass is 612 g/mol. The summed E-state index contributed by atoms with van der Waals surface area (Å²) in [5, 5.41) is 14.2. The van der Waals surface area contributed by atoms with Crippen LogP contribution < -0.4 is 19.5 Å². The van der Waals surface area contributed by atoms with Gasteiger partial charge in [-0.3, -0.25) is 4.79 Å². The van der Waals surface area contributed by atoms with E-state index < -0.39 is 24.6 Å². The van der Waals surface area contributed by atoms with Crippen LogP contribution in [0.1, 0.15) is 30.1 Å². The van der Waals surface area contributed by atoms with Crippen LogP contribution in [-0.2, 0) is 20.7 Å². The van der Waals surface area contributed by atoms with Crippen LogP contribution in [0.15, 0.2) is 59.8 Å². The number of nitrogens with one attached hydrogen (secondary N) is 1. The van der Waals surface area contributed by atoms with Gasteiger partial charge in [0, 0.05) is 22.6 Å². The molecule has 1 atom stereocenters. The maximum absolute atomic E-state index is 13.0. The number of hydrogen-bond acceptors (Lipinski definition) is 7. The largest absolute Gasteiger partial charge is 0.619 e. The van der Waals surface area contributed by atoms with Gasteiger partial charge < -0.3 is 24.7 Å². The minimum atomic E-state index is -3.09. The number of aromatic nitrogens is 1. The van der Waals surface area contributed by atoms with Crippen molar-refractivity contribution in [2.24, 2.45) is 5.92 Å². The van der Waals surface area contributed by atoms with Gasteiger partial charge in [0.2, 0.25) is 0 Å². The molecule has 0 saturated heterocycles. The number of halogens is 4. The zero-order valence-electron chi connectivity index (χ0n) is 21.1. The molecule has 13 heteroatoms. The number of ether oxygens (including phenoxy) is 3. The molecule has 1 fully saturated rings. The number of pyridine rings is 1. The Bertz CT molecular complexity index is 1350. The highest BCUT2D eigenvalue weighted by atomic mass is 35.5. The standard InChI is InChI=1S/C27H24Cl2F2N2O6S/c1-40-18-7-5-17(6-8-18)32-25(34)26(35)38-23(11-19-20(28)12-33(36)13-21(19)29)16-4-9-22(39-27(30)31)24(10-16)37-14-15-2-3-15/h4-10,12-13,15,23,27H,2-3,11,14H2,1H3,(H,32,34)/t23-/m0/s1. The van der Waals surface area contributed by atoms with Crippen LogP contribution in [0, 0.1) is 11.1 Å². The van der Waals surface area contributed by atoms with Crippen molar-refractivity contribution in [2.75, 3.05) is 18.2 Å². The fraction of sp³-hybridized carbons (Fsp3) is 0.296. The van der Waals surface area contributed by atoms with E-state index in [-0.39, 0.29) is 33.5 Å². The Morgan fingerprint density at radius 2 is 1.77 bits per heavy atom. The van der Waals surface area contributed by atoms with Crippen LogP contribution in [0.25, 0.3) is 0 Å². The molecular formula is C27H24Cl2F2N2O6S. The fourth-order valence-electron chi connectivity index (χ4n) is 3.70. The molecule has 0 radical (unpaired) electrons. The predicted molar refractivity (Wildman–Crippen MR) is 146 cm³/mol. The minimum absolute atomic E-state index is 0.00439. The molecule has 0 unspecified atom stereocenters. The molecule has 0 bridgehead atoms. The minimum Gasteiger partial charge on any atom is -0.619 e. The Hall–Kier alpha value is -3.28. The van der Waals surface area contributed by atoms with Crippen molar-refractivity contribution < 1.29 is 37.3 Å². The van der Waals surface area contributed by atoms with Crippen molar-refractivity contribution >= 4 is 52.5 Å². The van der Waals surface area contributed by atoms with Crippen LogP contribution in [0.2, 0.25) is 10.0 Å². The Morgan fingerprint density at radius 3 is 2.38 bits per heavy atom. The molecule has 1 aromatic heterocycles. The van der Waals surface area contributed by atoms with Crippen molar-refractivity contribution in [1.82, 2.24) is 0 Å². The third-order valence-corrected chi connectivity index (χ3v) is 7.35. The molecule has 40 heavy (non-hydrogen) atoms. The van der Waals surface area contributed by atoms with Crippen LogP contribution in [0.3, 0.4) is 0 Å². The van der Waals surface area contributed by atoms with E-state index in [1.54, 1.807) is 24.3 Å². The summed E-state index contributed by atoms with van der Waals surface area (Å²) < 4.78 is 42.4. The summed E-state index contributed by atoms with van der Waals surface area (Å²) in [6.07, 6.45) is 4.68. The Balaban J connectivity index is 1.62. The summed E-state index contributed by atoms with van der Waals surface area (Å²) in [6, 6.07) is 10.9. The van der Waals surface area contributed by atoms with Crippen molar-refractivity contribution in [1.29, 1.82) is 0 Å². The Morgan fingerprint density at radius 1 is 1.10 bits per heavy atom. The van der Waals surface area contributed by atoms with E-state index in [1.807, 2.05) is 6.26 Å². The molecule has 3 aromatic rings. The van der Waals surface area contributed by atoms with Gasteiger partial charge in [0.05, 0.1) is 6.61 Å². The molecule has 4 rings (SSSR count). The molecule has 0 aliphatic heterocycles. The van der Waals surface area contributed by atoms with Gasteiger partial charge in [0.1, 0.15) is 16.1 Å². The topological polar surface area (TPSA) is 101 Å². The van der Waals surface area contributed by atoms with Crippen LogP contribution in [0.5, 0.6) is 11.5 Å². The van der Waals surface area contributed by atoms with Gasteiger partial charge >= 0.3 is 18.5 Å². The highest BCUT2D eigenvalue weighted by Gasteiger charge is 2.28. The predicted octanol–water partition coefficient (Wildman–Crippen LogP) is 6.20. The lowest BCUT2D eigenvalue weighted by atomic mass is 10.0. The number of carbonyl (C=O) groups is 2. The van der Waals surface area contributed by atoms with Gasteiger partial charge in [0.15, 0.2) is 23.9 Å². The molecule has 1 N–H and O–H groups in total. The lowest BCUT2D eigenvalue weighted by Crippen LogP contribution is -2.28. The lowest BCUT2D eigenvalue weighted by Gasteiger charge is -2.21. The second-order valence-electron chi connectivity index (χ2n) is 8.91.